The summed E-state index contributed by atoms with van der Waals surface area (Å²) in [7, 11) is 0. The number of benzene rings is 2. The van der Waals surface area contributed by atoms with Gasteiger partial charge < -0.3 is 16.2 Å². The van der Waals surface area contributed by atoms with E-state index < -0.39 is 12.0 Å². The van der Waals surface area contributed by atoms with Crippen molar-refractivity contribution in [2.24, 2.45) is 5.73 Å². The zero-order valence-electron chi connectivity index (χ0n) is 16.0. The zero-order chi connectivity index (χ0) is 20.8. The highest BCUT2D eigenvalue weighted by molar-refractivity contribution is 5.93. The van der Waals surface area contributed by atoms with Gasteiger partial charge in [-0.15, -0.1) is 0 Å². The van der Waals surface area contributed by atoms with Gasteiger partial charge in [0.15, 0.2) is 0 Å². The minimum absolute atomic E-state index is 0.0460. The zero-order valence-corrected chi connectivity index (χ0v) is 16.0. The molecule has 3 rings (SSSR count). The van der Waals surface area contributed by atoms with Crippen molar-refractivity contribution in [2.75, 3.05) is 10.6 Å². The van der Waals surface area contributed by atoms with Crippen molar-refractivity contribution >= 4 is 23.4 Å². The number of nitrogens with zero attached hydrogens (tertiary/aromatic N) is 2. The van der Waals surface area contributed by atoms with E-state index in [1.54, 1.807) is 54.6 Å². The number of rotatable bonds is 6. The predicted molar refractivity (Wildman–Crippen MR) is 111 cm³/mol. The number of hydrogen-bond donors (Lipinski definition) is 2. The van der Waals surface area contributed by atoms with Crippen molar-refractivity contribution < 1.29 is 14.3 Å². The largest absolute Gasteiger partial charge is 0.443 e. The molecule has 1 aromatic heterocycles. The van der Waals surface area contributed by atoms with Crippen molar-refractivity contribution in [1.29, 1.82) is 0 Å². The smallest absolute Gasteiger partial charge is 0.415 e. The molecule has 0 bridgehead atoms. The van der Waals surface area contributed by atoms with Crippen molar-refractivity contribution in [2.45, 2.75) is 20.1 Å². The Labute approximate surface area is 168 Å². The Morgan fingerprint density at radius 1 is 1.00 bits per heavy atom. The van der Waals surface area contributed by atoms with Crippen molar-refractivity contribution in [3.8, 4) is 0 Å². The van der Waals surface area contributed by atoms with Crippen LogP contribution in [-0.4, -0.2) is 17.0 Å². The van der Waals surface area contributed by atoms with Crippen LogP contribution in [0.25, 0.3) is 0 Å². The van der Waals surface area contributed by atoms with Gasteiger partial charge in [-0.05, 0) is 48.9 Å². The van der Waals surface area contributed by atoms with E-state index in [0.717, 1.165) is 11.3 Å². The summed E-state index contributed by atoms with van der Waals surface area (Å²) >= 11 is 0. The molecule has 0 spiro atoms. The fourth-order valence-electron chi connectivity index (χ4n) is 2.83. The molecule has 0 unspecified atom stereocenters. The van der Waals surface area contributed by atoms with E-state index in [-0.39, 0.29) is 13.2 Å². The lowest BCUT2D eigenvalue weighted by Crippen LogP contribution is -2.31. The van der Waals surface area contributed by atoms with E-state index in [1.807, 2.05) is 19.1 Å². The normalized spacial score (nSPS) is 10.4. The van der Waals surface area contributed by atoms with Crippen LogP contribution in [0, 0.1) is 6.92 Å². The standard InChI is InChI=1S/C22H22N4O3/c1-15-5-4-6-18(25-15)14-29-22(28)26(20-8-3-2-7-19(20)23)13-16-9-11-17(12-10-16)21(24)27/h2-12H,13-14,23H2,1H3,(H2,24,27). The van der Waals surface area contributed by atoms with Crippen LogP contribution in [0.1, 0.15) is 27.3 Å². The molecular formula is C22H22N4O3. The molecule has 29 heavy (non-hydrogen) atoms. The van der Waals surface area contributed by atoms with Crippen LogP contribution in [0.2, 0.25) is 0 Å². The number of ether oxygens (including phenoxy) is 1. The molecule has 0 aliphatic heterocycles. The fraction of sp³-hybridized carbons (Fsp3) is 0.136. The average molecular weight is 390 g/mol. The van der Waals surface area contributed by atoms with Crippen molar-refractivity contribution in [1.82, 2.24) is 4.98 Å². The Morgan fingerprint density at radius 2 is 1.72 bits per heavy atom. The Kier molecular flexibility index (Phi) is 6.09. The first-order chi connectivity index (χ1) is 13.9. The first kappa shape index (κ1) is 19.9. The molecule has 0 atom stereocenters. The van der Waals surface area contributed by atoms with Gasteiger partial charge in [0.2, 0.25) is 5.91 Å². The van der Waals surface area contributed by atoms with E-state index in [1.165, 1.54) is 4.90 Å². The second-order valence-corrected chi connectivity index (χ2v) is 6.53. The van der Waals surface area contributed by atoms with Crippen LogP contribution in [0.4, 0.5) is 16.2 Å². The Bertz CT molecular complexity index is 1020. The van der Waals surface area contributed by atoms with E-state index >= 15 is 0 Å². The Hall–Kier alpha value is -3.87. The highest BCUT2D eigenvalue weighted by Gasteiger charge is 2.20. The third-order valence-corrected chi connectivity index (χ3v) is 4.32. The topological polar surface area (TPSA) is 112 Å². The summed E-state index contributed by atoms with van der Waals surface area (Å²) in [5.74, 6) is -0.509. The molecule has 7 heteroatoms. The van der Waals surface area contributed by atoms with Crippen LogP contribution < -0.4 is 16.4 Å². The minimum Gasteiger partial charge on any atom is -0.443 e. The number of carbonyl (C=O) groups is 2. The molecule has 0 saturated carbocycles. The third kappa shape index (κ3) is 5.10. The Morgan fingerprint density at radius 3 is 2.38 bits per heavy atom. The number of amides is 2. The number of carbonyl (C=O) groups excluding carboxylic acids is 2. The molecule has 0 aliphatic carbocycles. The van der Waals surface area contributed by atoms with Crippen LogP contribution in [-0.2, 0) is 17.9 Å². The highest BCUT2D eigenvalue weighted by atomic mass is 16.6. The van der Waals surface area contributed by atoms with Gasteiger partial charge in [-0.1, -0.05) is 30.3 Å². The first-order valence-electron chi connectivity index (χ1n) is 9.04. The van der Waals surface area contributed by atoms with Gasteiger partial charge in [-0.3, -0.25) is 14.7 Å². The summed E-state index contributed by atoms with van der Waals surface area (Å²) in [5.41, 5.74) is 15.0. The first-order valence-corrected chi connectivity index (χ1v) is 9.04. The number of pyridine rings is 1. The van der Waals surface area contributed by atoms with Crippen LogP contribution in [0.5, 0.6) is 0 Å². The predicted octanol–water partition coefficient (Wildman–Crippen LogP) is 3.41. The maximum atomic E-state index is 12.9. The Balaban J connectivity index is 1.81. The number of aromatic nitrogens is 1. The van der Waals surface area contributed by atoms with E-state index in [4.69, 9.17) is 16.2 Å². The lowest BCUT2D eigenvalue weighted by molar-refractivity contribution is 0.1000. The number of nitrogen functional groups attached to an aromatic ring is 1. The van der Waals surface area contributed by atoms with E-state index in [9.17, 15) is 9.59 Å². The van der Waals surface area contributed by atoms with Gasteiger partial charge in [0.1, 0.15) is 6.61 Å². The summed E-state index contributed by atoms with van der Waals surface area (Å²) < 4.78 is 5.48. The number of anilines is 2. The third-order valence-electron chi connectivity index (χ3n) is 4.32. The van der Waals surface area contributed by atoms with E-state index in [0.29, 0.717) is 22.6 Å². The summed E-state index contributed by atoms with van der Waals surface area (Å²) in [5, 5.41) is 0. The van der Waals surface area contributed by atoms with Gasteiger partial charge in [0.25, 0.3) is 0 Å². The number of nitrogens with two attached hydrogens (primary N) is 2. The fourth-order valence-corrected chi connectivity index (χ4v) is 2.83. The number of hydrogen-bond acceptors (Lipinski definition) is 5. The molecule has 1 heterocycles. The lowest BCUT2D eigenvalue weighted by Gasteiger charge is -2.23. The highest BCUT2D eigenvalue weighted by Crippen LogP contribution is 2.25. The monoisotopic (exact) mass is 390 g/mol. The summed E-state index contributed by atoms with van der Waals surface area (Å²) in [6.45, 7) is 2.13. The second-order valence-electron chi connectivity index (χ2n) is 6.53. The molecule has 0 fully saturated rings. The van der Waals surface area contributed by atoms with Crippen LogP contribution in [0.3, 0.4) is 0 Å². The molecule has 2 amide bonds. The molecule has 148 valence electrons. The maximum absolute atomic E-state index is 12.9. The molecule has 0 aliphatic rings. The van der Waals surface area contributed by atoms with Crippen LogP contribution >= 0.6 is 0 Å². The van der Waals surface area contributed by atoms with Gasteiger partial charge in [-0.2, -0.15) is 0 Å². The molecular weight excluding hydrogens is 368 g/mol. The summed E-state index contributed by atoms with van der Waals surface area (Å²) in [6, 6.07) is 19.3. The molecule has 0 radical (unpaired) electrons. The van der Waals surface area contributed by atoms with Gasteiger partial charge in [0, 0.05) is 11.3 Å². The lowest BCUT2D eigenvalue weighted by atomic mass is 10.1. The molecule has 2 aromatic carbocycles. The maximum Gasteiger partial charge on any atom is 0.415 e. The summed E-state index contributed by atoms with van der Waals surface area (Å²) in [4.78, 5) is 29.9. The molecule has 7 nitrogen and oxygen atoms in total. The minimum atomic E-state index is -0.551. The molecule has 0 saturated heterocycles. The van der Waals surface area contributed by atoms with Gasteiger partial charge >= 0.3 is 6.09 Å². The quantitative estimate of drug-likeness (QED) is 0.627. The number of aryl methyl sites for hydroxylation is 1. The SMILES string of the molecule is Cc1cccc(COC(=O)N(Cc2ccc(C(N)=O)cc2)c2ccccc2N)n1. The van der Waals surface area contributed by atoms with Crippen molar-refractivity contribution in [3.63, 3.8) is 0 Å². The second kappa shape index (κ2) is 8.88. The van der Waals surface area contributed by atoms with Gasteiger partial charge in [-0.25, -0.2) is 4.79 Å². The number of primary amides is 1. The van der Waals surface area contributed by atoms with E-state index in [2.05, 4.69) is 4.98 Å². The molecule has 3 aromatic rings. The average Bonchev–Trinajstić information content (AvgIpc) is 2.71. The van der Waals surface area contributed by atoms with Crippen LogP contribution in [0.15, 0.2) is 66.7 Å². The summed E-state index contributed by atoms with van der Waals surface area (Å²) in [6.07, 6.45) is -0.551. The van der Waals surface area contributed by atoms with Crippen molar-refractivity contribution in [3.05, 3.63) is 89.2 Å². The van der Waals surface area contributed by atoms with Gasteiger partial charge in [0.05, 0.1) is 23.6 Å². The number of para-hydroxylation sites is 2. The molecule has 4 N–H and O–H groups in total.